The van der Waals surface area contributed by atoms with Gasteiger partial charge in [0.1, 0.15) is 0 Å². The van der Waals surface area contributed by atoms with Gasteiger partial charge >= 0.3 is 6.85 Å². The molecule has 3 aliphatic rings. The Hall–Kier alpha value is -6.66. The van der Waals surface area contributed by atoms with Crippen LogP contribution in [0.3, 0.4) is 0 Å². The molecular weight excluding hydrogens is 764 g/mol. The molecule has 278 valence electrons. The van der Waals surface area contributed by atoms with Gasteiger partial charge in [0.05, 0.1) is 11.0 Å². The van der Waals surface area contributed by atoms with Crippen LogP contribution in [0.4, 0.5) is 11.4 Å². The second-order valence-corrected chi connectivity index (χ2v) is 19.7. The average molecular weight is 797 g/mol. The van der Waals surface area contributed by atoms with Crippen molar-refractivity contribution < 1.29 is 0 Å². The van der Waals surface area contributed by atoms with E-state index < -0.39 is 0 Å². The summed E-state index contributed by atoms with van der Waals surface area (Å²) in [7, 11) is 0. The molecule has 0 fully saturated rings. The Kier molecular flexibility index (Phi) is 5.87. The molecule has 12 aromatic rings. The summed E-state index contributed by atoms with van der Waals surface area (Å²) in [5, 5.41) is 10.6. The number of nitrogens with zero attached hydrogens (tertiary/aromatic N) is 2. The lowest BCUT2D eigenvalue weighted by molar-refractivity contribution is 0.662. The molecule has 5 heteroatoms. The first-order chi connectivity index (χ1) is 29.6. The molecule has 0 bridgehead atoms. The summed E-state index contributed by atoms with van der Waals surface area (Å²) in [6.45, 7) is 4.86. The molecule has 0 unspecified atom stereocenters. The maximum Gasteiger partial charge on any atom is 0.333 e. The Morgan fingerprint density at radius 2 is 1.17 bits per heavy atom. The van der Waals surface area contributed by atoms with Crippen molar-refractivity contribution >= 4 is 125 Å². The van der Waals surface area contributed by atoms with Gasteiger partial charge in [-0.15, -0.1) is 22.7 Å². The molecule has 0 radical (unpaired) electrons. The van der Waals surface area contributed by atoms with Crippen LogP contribution >= 0.6 is 22.7 Å². The topological polar surface area (TPSA) is 8.17 Å². The summed E-state index contributed by atoms with van der Waals surface area (Å²) in [5.74, 6) is 0. The van der Waals surface area contributed by atoms with Gasteiger partial charge in [-0.05, 0) is 98.0 Å². The van der Waals surface area contributed by atoms with Crippen LogP contribution in [0, 0.1) is 0 Å². The largest absolute Gasteiger partial charge is 0.376 e. The Morgan fingerprint density at radius 3 is 2.02 bits per heavy atom. The van der Waals surface area contributed by atoms with E-state index in [2.05, 4.69) is 187 Å². The molecule has 2 nitrogen and oxygen atoms in total. The smallest absolute Gasteiger partial charge is 0.333 e. The van der Waals surface area contributed by atoms with E-state index in [0.717, 1.165) is 0 Å². The Labute approximate surface area is 354 Å². The van der Waals surface area contributed by atoms with Crippen LogP contribution in [0.5, 0.6) is 0 Å². The summed E-state index contributed by atoms with van der Waals surface area (Å²) in [6, 6.07) is 62.6. The van der Waals surface area contributed by atoms with Gasteiger partial charge in [-0.3, -0.25) is 0 Å². The minimum absolute atomic E-state index is 0.0781. The number of para-hydroxylation sites is 1. The molecule has 9 aromatic carbocycles. The Bertz CT molecular complexity index is 3960. The molecule has 0 N–H and O–H groups in total. The molecular formula is C55H33BN2S2. The van der Waals surface area contributed by atoms with Gasteiger partial charge in [-0.25, -0.2) is 0 Å². The number of fused-ring (bicyclic) bond motifs is 20. The van der Waals surface area contributed by atoms with Crippen LogP contribution in [0.2, 0.25) is 0 Å². The zero-order chi connectivity index (χ0) is 39.2. The molecule has 60 heavy (non-hydrogen) atoms. The van der Waals surface area contributed by atoms with E-state index in [9.17, 15) is 0 Å². The third-order valence-corrected chi connectivity index (χ3v) is 16.6. The molecule has 15 rings (SSSR count). The lowest BCUT2D eigenvalue weighted by atomic mass is 9.43. The quantitative estimate of drug-likeness (QED) is 0.150. The summed E-state index contributed by atoms with van der Waals surface area (Å²) in [4.78, 5) is 2.77. The minimum Gasteiger partial charge on any atom is -0.376 e. The van der Waals surface area contributed by atoms with E-state index in [1.165, 1.54) is 134 Å². The van der Waals surface area contributed by atoms with Crippen molar-refractivity contribution in [2.45, 2.75) is 19.3 Å². The van der Waals surface area contributed by atoms with E-state index >= 15 is 0 Å². The van der Waals surface area contributed by atoms with Gasteiger partial charge in [0.25, 0.3) is 0 Å². The molecule has 5 heterocycles. The third-order valence-electron chi connectivity index (χ3n) is 14.3. The molecule has 0 amide bonds. The van der Waals surface area contributed by atoms with Gasteiger partial charge in [0.15, 0.2) is 0 Å². The lowest BCUT2D eigenvalue weighted by Gasteiger charge is -2.44. The predicted molar refractivity (Wildman–Crippen MR) is 261 cm³/mol. The highest BCUT2D eigenvalue weighted by atomic mass is 32.1. The van der Waals surface area contributed by atoms with E-state index in [4.69, 9.17) is 0 Å². The van der Waals surface area contributed by atoms with Crippen molar-refractivity contribution in [1.29, 1.82) is 0 Å². The Balaban J connectivity index is 1.22. The van der Waals surface area contributed by atoms with Gasteiger partial charge in [-0.2, -0.15) is 0 Å². The monoisotopic (exact) mass is 796 g/mol. The second-order valence-electron chi connectivity index (χ2n) is 17.5. The third kappa shape index (κ3) is 3.71. The highest BCUT2D eigenvalue weighted by molar-refractivity contribution is 7.26. The molecule has 0 saturated heterocycles. The van der Waals surface area contributed by atoms with Crippen LogP contribution in [-0.4, -0.2) is 11.4 Å². The van der Waals surface area contributed by atoms with E-state index in [0.29, 0.717) is 0 Å². The van der Waals surface area contributed by atoms with Gasteiger partial charge in [0, 0.05) is 79.2 Å². The fourth-order valence-electron chi connectivity index (χ4n) is 12.0. The van der Waals surface area contributed by atoms with Gasteiger partial charge in [-0.1, -0.05) is 129 Å². The van der Waals surface area contributed by atoms with Crippen molar-refractivity contribution in [3.8, 4) is 27.9 Å². The summed E-state index contributed by atoms with van der Waals surface area (Å²) < 4.78 is 7.98. The molecule has 1 aliphatic carbocycles. The number of anilines is 2. The SMILES string of the molecule is CC1(C)c2ccccc2-c2cc3c4c(c21)-c1c(ccc2sc5ccccc5c12)N(c1cccc2sc5ccccc5c12)B4c1cccc2c4c5ccccc5ccc4n-3c12. The van der Waals surface area contributed by atoms with Crippen LogP contribution in [0.25, 0.3) is 101 Å². The van der Waals surface area contributed by atoms with Gasteiger partial charge < -0.3 is 9.38 Å². The van der Waals surface area contributed by atoms with Crippen LogP contribution in [0.15, 0.2) is 164 Å². The molecule has 2 aliphatic heterocycles. The van der Waals surface area contributed by atoms with Crippen molar-refractivity contribution in [3.63, 3.8) is 0 Å². The predicted octanol–water partition coefficient (Wildman–Crippen LogP) is 14.2. The van der Waals surface area contributed by atoms with Crippen LogP contribution < -0.4 is 15.7 Å². The van der Waals surface area contributed by atoms with Crippen molar-refractivity contribution in [3.05, 3.63) is 175 Å². The standard InChI is InChI=1S/C55H33BN2S2/c1-55(2)37-19-8-5-15-32(37)36-29-42-53-51(52(36)55)50-41(27-28-46-49(50)34-17-7-10-23-44(34)60-46)58(40-21-12-24-45-48(40)33-16-6-9-22-43(33)59-45)56(53)38-20-11-18-35-47-31-14-4-3-13-30(31)25-26-39(47)57(42)54(35)38/h3-29H,1-2H3. The first kappa shape index (κ1) is 32.2. The first-order valence-corrected chi connectivity index (χ1v) is 22.6. The number of benzene rings is 9. The van der Waals surface area contributed by atoms with Crippen molar-refractivity contribution in [1.82, 2.24) is 4.57 Å². The zero-order valence-electron chi connectivity index (χ0n) is 32.9. The highest BCUT2D eigenvalue weighted by Gasteiger charge is 2.49. The Morgan fingerprint density at radius 1 is 0.483 bits per heavy atom. The minimum atomic E-state index is -0.223. The van der Waals surface area contributed by atoms with E-state index in [1.807, 2.05) is 22.7 Å². The summed E-state index contributed by atoms with van der Waals surface area (Å²) in [5.41, 5.74) is 17.3. The normalized spacial score (nSPS) is 14.6. The van der Waals surface area contributed by atoms with Crippen LogP contribution in [-0.2, 0) is 5.41 Å². The van der Waals surface area contributed by atoms with Crippen LogP contribution in [0.1, 0.15) is 25.0 Å². The summed E-state index contributed by atoms with van der Waals surface area (Å²) >= 11 is 3.83. The first-order valence-electron chi connectivity index (χ1n) is 21.0. The second kappa shape index (κ2) is 10.9. The molecule has 0 atom stereocenters. The fourth-order valence-corrected chi connectivity index (χ4v) is 14.3. The van der Waals surface area contributed by atoms with E-state index in [-0.39, 0.29) is 12.3 Å². The number of aromatic nitrogens is 1. The fraction of sp³-hybridized carbons (Fsp3) is 0.0545. The van der Waals surface area contributed by atoms with Crippen molar-refractivity contribution in [2.75, 3.05) is 4.81 Å². The zero-order valence-corrected chi connectivity index (χ0v) is 34.5. The molecule has 3 aromatic heterocycles. The molecule has 0 spiro atoms. The average Bonchev–Trinajstić information content (AvgIpc) is 4.02. The van der Waals surface area contributed by atoms with Crippen molar-refractivity contribution in [2.24, 2.45) is 0 Å². The highest BCUT2D eigenvalue weighted by Crippen LogP contribution is 2.59. The number of hydrogen-bond acceptors (Lipinski definition) is 3. The molecule has 0 saturated carbocycles. The van der Waals surface area contributed by atoms with Gasteiger partial charge in [0.2, 0.25) is 0 Å². The number of thiophene rings is 2. The summed E-state index contributed by atoms with van der Waals surface area (Å²) in [6.07, 6.45) is 0. The maximum atomic E-state index is 2.77. The lowest BCUT2D eigenvalue weighted by Crippen LogP contribution is -2.61. The maximum absolute atomic E-state index is 2.77. The number of hydrogen-bond donors (Lipinski definition) is 0. The number of rotatable bonds is 1. The van der Waals surface area contributed by atoms with E-state index in [1.54, 1.807) is 0 Å².